The van der Waals surface area contributed by atoms with E-state index >= 15 is 0 Å². The number of aliphatic hydroxyl groups is 2. The van der Waals surface area contributed by atoms with E-state index in [9.17, 15) is 34.2 Å². The van der Waals surface area contributed by atoms with Gasteiger partial charge in [-0.3, -0.25) is 24.0 Å². The van der Waals surface area contributed by atoms with Crippen molar-refractivity contribution in [2.45, 2.75) is 106 Å². The van der Waals surface area contributed by atoms with E-state index in [2.05, 4.69) is 0 Å². The summed E-state index contributed by atoms with van der Waals surface area (Å²) >= 11 is 0. The molecule has 6 atom stereocenters. The number of fused-ring (bicyclic) bond motifs is 2. The van der Waals surface area contributed by atoms with Crippen LogP contribution in [-0.2, 0) is 47.7 Å². The van der Waals surface area contributed by atoms with Crippen LogP contribution in [0, 0.1) is 11.3 Å². The zero-order valence-electron chi connectivity index (χ0n) is 25.6. The highest BCUT2D eigenvalue weighted by Crippen LogP contribution is 2.51. The first-order chi connectivity index (χ1) is 19.4. The van der Waals surface area contributed by atoms with Crippen LogP contribution >= 0.6 is 0 Å². The number of hydrogen-bond donors (Lipinski definition) is 2. The van der Waals surface area contributed by atoms with Crippen molar-refractivity contribution in [2.75, 3.05) is 6.61 Å². The fraction of sp³-hybridized carbons (Fsp3) is 0.633. The second-order valence-corrected chi connectivity index (χ2v) is 11.2. The van der Waals surface area contributed by atoms with Gasteiger partial charge in [-0.05, 0) is 42.4 Å². The lowest BCUT2D eigenvalue weighted by molar-refractivity contribution is -0.153. The molecule has 2 N–H and O–H groups in total. The highest BCUT2D eigenvalue weighted by atomic mass is 16.6. The van der Waals surface area contributed by atoms with Crippen molar-refractivity contribution in [2.24, 2.45) is 11.3 Å². The van der Waals surface area contributed by atoms with Crippen LogP contribution in [-0.4, -0.2) is 77.2 Å². The number of esters is 5. The number of aliphatic hydroxyl groups excluding tert-OH is 2. The monoisotopic (exact) mass is 594 g/mol. The normalized spacial score (nSPS) is 27.9. The van der Waals surface area contributed by atoms with E-state index < -0.39 is 78.3 Å². The highest BCUT2D eigenvalue weighted by molar-refractivity contribution is 5.70. The molecular weight excluding hydrogens is 552 g/mol. The molecule has 2 rings (SSSR count). The molecule has 0 aromatic heterocycles. The molecular formula is C30H42O12. The maximum Gasteiger partial charge on any atom is 0.307 e. The van der Waals surface area contributed by atoms with Crippen LogP contribution in [0.4, 0.5) is 0 Å². The Labute approximate surface area is 245 Å². The molecule has 0 radical (unpaired) electrons. The van der Waals surface area contributed by atoms with Gasteiger partial charge < -0.3 is 33.9 Å². The molecule has 42 heavy (non-hydrogen) atoms. The predicted molar refractivity (Wildman–Crippen MR) is 147 cm³/mol. The summed E-state index contributed by atoms with van der Waals surface area (Å²) in [5, 5.41) is 21.9. The van der Waals surface area contributed by atoms with Crippen LogP contribution in [0.25, 0.3) is 0 Å². The van der Waals surface area contributed by atoms with Crippen LogP contribution in [0.2, 0.25) is 0 Å². The van der Waals surface area contributed by atoms with E-state index in [1.165, 1.54) is 33.8 Å². The van der Waals surface area contributed by atoms with E-state index in [0.29, 0.717) is 11.1 Å². The van der Waals surface area contributed by atoms with Gasteiger partial charge in [-0.2, -0.15) is 0 Å². The van der Waals surface area contributed by atoms with Gasteiger partial charge in [-0.25, -0.2) is 0 Å². The lowest BCUT2D eigenvalue weighted by atomic mass is 9.60. The zero-order valence-corrected chi connectivity index (χ0v) is 25.6. The summed E-state index contributed by atoms with van der Waals surface area (Å²) in [5.74, 6) is -4.33. The third-order valence-electron chi connectivity index (χ3n) is 7.65. The SMILES string of the molecule is CC(=O)OC1=C(C)C(OC(C)=O)CC(OC(C)=O)C(CO)=CC(O)C2CC(OC(C)=O)C(C)=C(C1OC(C)=O)C2(C)C. The molecule has 12 heteroatoms. The first kappa shape index (κ1) is 34.7. The van der Waals surface area contributed by atoms with Gasteiger partial charge >= 0.3 is 29.8 Å². The molecule has 0 aromatic rings. The average molecular weight is 595 g/mol. The number of rotatable bonds is 6. The minimum atomic E-state index is -1.36. The third kappa shape index (κ3) is 8.28. The summed E-state index contributed by atoms with van der Waals surface area (Å²) in [6.45, 7) is 12.1. The summed E-state index contributed by atoms with van der Waals surface area (Å²) in [6.07, 6.45) is -4.55. The number of ether oxygens (including phenoxy) is 5. The van der Waals surface area contributed by atoms with E-state index in [0.717, 1.165) is 13.8 Å². The molecule has 0 heterocycles. The summed E-state index contributed by atoms with van der Waals surface area (Å²) in [7, 11) is 0. The smallest absolute Gasteiger partial charge is 0.307 e. The Morgan fingerprint density at radius 1 is 0.762 bits per heavy atom. The molecule has 0 aliphatic heterocycles. The molecule has 0 spiro atoms. The number of hydrogen-bond acceptors (Lipinski definition) is 12. The Bertz CT molecular complexity index is 1190. The standard InChI is InChI=1S/C30H42O12/c1-14-24(38-16(3)32)11-22-23(37)10-21(13-31)26(40-18(5)34)12-25(39-17(4)33)15(2)28(41-19(6)35)29(42-20(7)36)27(14)30(22,8)9/h10,22-26,29,31,37H,11-13H2,1-9H3. The first-order valence-electron chi connectivity index (χ1n) is 13.7. The average Bonchev–Trinajstić information content (AvgIpc) is 2.83. The van der Waals surface area contributed by atoms with Crippen molar-refractivity contribution < 1.29 is 57.9 Å². The summed E-state index contributed by atoms with van der Waals surface area (Å²) in [6, 6.07) is 0. The van der Waals surface area contributed by atoms with Gasteiger partial charge in [0, 0.05) is 52.5 Å². The Kier molecular flexibility index (Phi) is 11.7. The number of carbonyl (C=O) groups excluding carboxylic acids is 5. The number of carbonyl (C=O) groups is 5. The zero-order chi connectivity index (χ0) is 32.1. The van der Waals surface area contributed by atoms with Gasteiger partial charge in [0.05, 0.1) is 12.7 Å². The van der Waals surface area contributed by atoms with Crippen LogP contribution < -0.4 is 0 Å². The second-order valence-electron chi connectivity index (χ2n) is 11.2. The van der Waals surface area contributed by atoms with Gasteiger partial charge in [0.1, 0.15) is 18.3 Å². The van der Waals surface area contributed by atoms with Crippen molar-refractivity contribution in [3.63, 3.8) is 0 Å². The Hall–Kier alpha value is -3.51. The minimum Gasteiger partial charge on any atom is -0.458 e. The molecule has 6 unspecified atom stereocenters. The van der Waals surface area contributed by atoms with Crippen molar-refractivity contribution in [1.29, 1.82) is 0 Å². The predicted octanol–water partition coefficient (Wildman–Crippen LogP) is 2.60. The maximum absolute atomic E-state index is 12.5. The van der Waals surface area contributed by atoms with E-state index in [-0.39, 0.29) is 29.7 Å². The van der Waals surface area contributed by atoms with Gasteiger partial charge in [-0.15, -0.1) is 0 Å². The van der Waals surface area contributed by atoms with Crippen molar-refractivity contribution >= 4 is 29.8 Å². The van der Waals surface area contributed by atoms with E-state index in [1.54, 1.807) is 20.8 Å². The Morgan fingerprint density at radius 2 is 1.24 bits per heavy atom. The summed E-state index contributed by atoms with van der Waals surface area (Å²) < 4.78 is 28.2. The van der Waals surface area contributed by atoms with E-state index in [1.807, 2.05) is 0 Å². The van der Waals surface area contributed by atoms with Crippen molar-refractivity contribution in [1.82, 2.24) is 0 Å². The molecule has 12 nitrogen and oxygen atoms in total. The summed E-state index contributed by atoms with van der Waals surface area (Å²) in [5.41, 5.74) is 0.238. The van der Waals surface area contributed by atoms with Gasteiger partial charge in [-0.1, -0.05) is 19.9 Å². The van der Waals surface area contributed by atoms with Gasteiger partial charge in [0.2, 0.25) is 0 Å². The molecule has 2 aliphatic carbocycles. The fourth-order valence-electron chi connectivity index (χ4n) is 5.88. The van der Waals surface area contributed by atoms with Crippen molar-refractivity contribution in [3.8, 4) is 0 Å². The topological polar surface area (TPSA) is 172 Å². The van der Waals surface area contributed by atoms with Crippen LogP contribution in [0.3, 0.4) is 0 Å². The Morgan fingerprint density at radius 3 is 1.69 bits per heavy atom. The molecule has 0 saturated heterocycles. The van der Waals surface area contributed by atoms with Crippen LogP contribution in [0.5, 0.6) is 0 Å². The fourth-order valence-corrected chi connectivity index (χ4v) is 5.88. The molecule has 2 bridgehead atoms. The molecule has 234 valence electrons. The Balaban J connectivity index is 3.11. The first-order valence-corrected chi connectivity index (χ1v) is 13.7. The van der Waals surface area contributed by atoms with Gasteiger partial charge in [0.25, 0.3) is 0 Å². The summed E-state index contributed by atoms with van der Waals surface area (Å²) in [4.78, 5) is 61.4. The second kappa shape index (κ2) is 14.1. The van der Waals surface area contributed by atoms with E-state index in [4.69, 9.17) is 23.7 Å². The quantitative estimate of drug-likeness (QED) is 0.262. The lowest BCUT2D eigenvalue weighted by Gasteiger charge is -2.48. The lowest BCUT2D eigenvalue weighted by Crippen LogP contribution is -2.48. The molecule has 0 saturated carbocycles. The molecule has 0 amide bonds. The molecule has 2 aliphatic rings. The maximum atomic E-state index is 12.5. The van der Waals surface area contributed by atoms with Crippen molar-refractivity contribution in [3.05, 3.63) is 34.1 Å². The van der Waals surface area contributed by atoms with Crippen LogP contribution in [0.1, 0.15) is 75.2 Å². The van der Waals surface area contributed by atoms with Gasteiger partial charge in [0.15, 0.2) is 11.9 Å². The molecule has 0 fully saturated rings. The third-order valence-corrected chi connectivity index (χ3v) is 7.65. The molecule has 0 aromatic carbocycles. The van der Waals surface area contributed by atoms with Crippen LogP contribution in [0.15, 0.2) is 34.1 Å². The minimum absolute atomic E-state index is 0.140. The largest absolute Gasteiger partial charge is 0.458 e. The highest BCUT2D eigenvalue weighted by Gasteiger charge is 2.50.